The van der Waals surface area contributed by atoms with Gasteiger partial charge in [0.2, 0.25) is 5.91 Å². The van der Waals surface area contributed by atoms with Crippen molar-refractivity contribution in [2.24, 2.45) is 5.92 Å². The number of Topliss-reactive ketones (excluding diaryl/α,β-unsaturated/α-hetero) is 1. The minimum Gasteiger partial charge on any atom is -0.345 e. The Morgan fingerprint density at radius 2 is 1.89 bits per heavy atom. The molecule has 1 aliphatic carbocycles. The highest BCUT2D eigenvalue weighted by molar-refractivity contribution is 5.84. The molecule has 102 valence electrons. The van der Waals surface area contributed by atoms with Crippen molar-refractivity contribution >= 4 is 11.7 Å². The Balaban J connectivity index is 1.84. The Morgan fingerprint density at radius 1 is 1.17 bits per heavy atom. The summed E-state index contributed by atoms with van der Waals surface area (Å²) in [7, 11) is 1.84. The molecule has 0 bridgehead atoms. The number of likely N-dealkylation sites (N-methyl/N-ethyl adjacent to an activating group) is 1. The van der Waals surface area contributed by atoms with Gasteiger partial charge in [-0.3, -0.25) is 14.5 Å². The molecule has 0 aromatic rings. The highest BCUT2D eigenvalue weighted by Crippen LogP contribution is 2.24. The topological polar surface area (TPSA) is 40.6 Å². The third kappa shape index (κ3) is 3.55. The molecule has 1 saturated carbocycles. The highest BCUT2D eigenvalue weighted by Gasteiger charge is 2.25. The number of ketones is 1. The molecule has 0 aromatic heterocycles. The molecule has 4 heteroatoms. The van der Waals surface area contributed by atoms with Crippen molar-refractivity contribution in [2.45, 2.75) is 38.5 Å². The first-order chi connectivity index (χ1) is 8.66. The first kappa shape index (κ1) is 13.5. The van der Waals surface area contributed by atoms with Gasteiger partial charge in [-0.05, 0) is 19.3 Å². The predicted octanol–water partition coefficient (Wildman–Crippen LogP) is 1.30. The lowest BCUT2D eigenvalue weighted by atomic mass is 9.86. The van der Waals surface area contributed by atoms with Crippen molar-refractivity contribution in [2.75, 3.05) is 33.2 Å². The summed E-state index contributed by atoms with van der Waals surface area (Å²) < 4.78 is 0. The van der Waals surface area contributed by atoms with Crippen LogP contribution in [0, 0.1) is 5.92 Å². The normalized spacial score (nSPS) is 24.1. The van der Waals surface area contributed by atoms with E-state index >= 15 is 0 Å². The summed E-state index contributed by atoms with van der Waals surface area (Å²) >= 11 is 0. The second-order valence-corrected chi connectivity index (χ2v) is 5.68. The van der Waals surface area contributed by atoms with E-state index in [1.165, 1.54) is 19.3 Å². The first-order valence-corrected chi connectivity index (χ1v) is 7.16. The lowest BCUT2D eigenvalue weighted by Gasteiger charge is -2.24. The van der Waals surface area contributed by atoms with Gasteiger partial charge in [0.15, 0.2) is 0 Å². The van der Waals surface area contributed by atoms with Crippen LogP contribution in [-0.2, 0) is 9.59 Å². The number of carbonyl (C=O) groups is 2. The third-order valence-electron chi connectivity index (χ3n) is 4.19. The van der Waals surface area contributed by atoms with Crippen molar-refractivity contribution < 1.29 is 9.59 Å². The number of amides is 1. The Labute approximate surface area is 109 Å². The van der Waals surface area contributed by atoms with E-state index in [1.807, 2.05) is 11.9 Å². The molecule has 2 fully saturated rings. The Hall–Kier alpha value is -0.900. The number of hydrogen-bond donors (Lipinski definition) is 0. The third-order valence-corrected chi connectivity index (χ3v) is 4.19. The predicted molar refractivity (Wildman–Crippen MR) is 70.3 cm³/mol. The summed E-state index contributed by atoms with van der Waals surface area (Å²) in [5.41, 5.74) is 0. The van der Waals surface area contributed by atoms with E-state index in [0.717, 1.165) is 32.4 Å². The van der Waals surface area contributed by atoms with Crippen molar-refractivity contribution in [3.8, 4) is 0 Å². The molecule has 0 unspecified atom stereocenters. The Kier molecular flexibility index (Phi) is 4.75. The standard InChI is InChI=1S/C14H24N2O2/c1-15-8-5-9-16(11-14(15)18)10-13(17)12-6-3-2-4-7-12/h12H,2-11H2,1H3. The van der Waals surface area contributed by atoms with Gasteiger partial charge in [-0.1, -0.05) is 19.3 Å². The average molecular weight is 252 g/mol. The fourth-order valence-electron chi connectivity index (χ4n) is 2.96. The summed E-state index contributed by atoms with van der Waals surface area (Å²) in [5, 5.41) is 0. The first-order valence-electron chi connectivity index (χ1n) is 7.16. The van der Waals surface area contributed by atoms with Gasteiger partial charge in [0.05, 0.1) is 13.1 Å². The van der Waals surface area contributed by atoms with Crippen LogP contribution >= 0.6 is 0 Å². The quantitative estimate of drug-likeness (QED) is 0.760. The largest absolute Gasteiger partial charge is 0.345 e. The van der Waals surface area contributed by atoms with Gasteiger partial charge in [-0.25, -0.2) is 0 Å². The summed E-state index contributed by atoms with van der Waals surface area (Å²) in [6.45, 7) is 2.57. The molecule has 0 N–H and O–H groups in total. The summed E-state index contributed by atoms with van der Waals surface area (Å²) in [4.78, 5) is 27.8. The van der Waals surface area contributed by atoms with E-state index in [1.54, 1.807) is 4.90 Å². The minimum atomic E-state index is 0.143. The maximum Gasteiger partial charge on any atom is 0.236 e. The Morgan fingerprint density at radius 3 is 2.61 bits per heavy atom. The zero-order valence-corrected chi connectivity index (χ0v) is 11.4. The molecular weight excluding hydrogens is 228 g/mol. The highest BCUT2D eigenvalue weighted by atomic mass is 16.2. The van der Waals surface area contributed by atoms with Crippen LogP contribution in [0.15, 0.2) is 0 Å². The molecule has 1 aliphatic heterocycles. The lowest BCUT2D eigenvalue weighted by Crippen LogP contribution is -2.39. The number of hydrogen-bond acceptors (Lipinski definition) is 3. The molecular formula is C14H24N2O2. The molecule has 0 radical (unpaired) electrons. The lowest BCUT2D eigenvalue weighted by molar-refractivity contribution is -0.130. The second-order valence-electron chi connectivity index (χ2n) is 5.68. The van der Waals surface area contributed by atoms with Crippen molar-refractivity contribution in [3.05, 3.63) is 0 Å². The van der Waals surface area contributed by atoms with Gasteiger partial charge < -0.3 is 4.90 Å². The van der Waals surface area contributed by atoms with Gasteiger partial charge >= 0.3 is 0 Å². The molecule has 2 rings (SSSR count). The number of carbonyl (C=O) groups excluding carboxylic acids is 2. The van der Waals surface area contributed by atoms with Gasteiger partial charge in [0.1, 0.15) is 5.78 Å². The van der Waals surface area contributed by atoms with Crippen LogP contribution in [0.5, 0.6) is 0 Å². The number of nitrogens with zero attached hydrogens (tertiary/aromatic N) is 2. The van der Waals surface area contributed by atoms with Crippen LogP contribution in [0.1, 0.15) is 38.5 Å². The molecule has 0 atom stereocenters. The fourth-order valence-corrected chi connectivity index (χ4v) is 2.96. The molecule has 0 spiro atoms. The Bertz CT molecular complexity index is 311. The SMILES string of the molecule is CN1CCCN(CC(=O)C2CCCCC2)CC1=O. The van der Waals surface area contributed by atoms with Crippen LogP contribution in [0.3, 0.4) is 0 Å². The molecule has 4 nitrogen and oxygen atoms in total. The summed E-state index contributed by atoms with van der Waals surface area (Å²) in [6, 6.07) is 0. The van der Waals surface area contributed by atoms with E-state index in [2.05, 4.69) is 0 Å². The molecule has 1 heterocycles. The summed E-state index contributed by atoms with van der Waals surface area (Å²) in [5.74, 6) is 0.755. The van der Waals surface area contributed by atoms with Gasteiger partial charge in [-0.15, -0.1) is 0 Å². The van der Waals surface area contributed by atoms with E-state index < -0.39 is 0 Å². The molecule has 1 amide bonds. The van der Waals surface area contributed by atoms with Crippen LogP contribution in [0.4, 0.5) is 0 Å². The summed E-state index contributed by atoms with van der Waals surface area (Å²) in [6.07, 6.45) is 6.74. The van der Waals surface area contributed by atoms with Crippen LogP contribution in [0.25, 0.3) is 0 Å². The fraction of sp³-hybridized carbons (Fsp3) is 0.857. The van der Waals surface area contributed by atoms with Crippen LogP contribution in [0.2, 0.25) is 0 Å². The van der Waals surface area contributed by atoms with Crippen LogP contribution in [-0.4, -0.2) is 54.7 Å². The monoisotopic (exact) mass is 252 g/mol. The minimum absolute atomic E-state index is 0.143. The molecule has 0 aromatic carbocycles. The van der Waals surface area contributed by atoms with E-state index in [9.17, 15) is 9.59 Å². The maximum absolute atomic E-state index is 12.2. The van der Waals surface area contributed by atoms with Gasteiger partial charge in [0, 0.05) is 26.1 Å². The number of rotatable bonds is 3. The van der Waals surface area contributed by atoms with E-state index in [0.29, 0.717) is 18.9 Å². The van der Waals surface area contributed by atoms with Crippen molar-refractivity contribution in [3.63, 3.8) is 0 Å². The van der Waals surface area contributed by atoms with Crippen LogP contribution < -0.4 is 0 Å². The molecule has 1 saturated heterocycles. The smallest absolute Gasteiger partial charge is 0.236 e. The molecule has 18 heavy (non-hydrogen) atoms. The van der Waals surface area contributed by atoms with Crippen molar-refractivity contribution in [1.29, 1.82) is 0 Å². The zero-order valence-electron chi connectivity index (χ0n) is 11.4. The van der Waals surface area contributed by atoms with Gasteiger partial charge in [-0.2, -0.15) is 0 Å². The van der Waals surface area contributed by atoms with Gasteiger partial charge in [0.25, 0.3) is 0 Å². The second kappa shape index (κ2) is 6.32. The maximum atomic E-state index is 12.2. The van der Waals surface area contributed by atoms with E-state index in [4.69, 9.17) is 0 Å². The molecule has 2 aliphatic rings. The zero-order chi connectivity index (χ0) is 13.0. The average Bonchev–Trinajstić information content (AvgIpc) is 2.53. The van der Waals surface area contributed by atoms with E-state index in [-0.39, 0.29) is 11.8 Å². The van der Waals surface area contributed by atoms with Crippen molar-refractivity contribution in [1.82, 2.24) is 9.80 Å².